The van der Waals surface area contributed by atoms with Crippen LogP contribution in [0.3, 0.4) is 0 Å². The second kappa shape index (κ2) is 8.31. The van der Waals surface area contributed by atoms with Crippen LogP contribution in [0.15, 0.2) is 60.8 Å². The Kier molecular flexibility index (Phi) is 5.66. The molecular formula is C21H22N4O2. The Labute approximate surface area is 158 Å². The Balaban J connectivity index is 1.75. The van der Waals surface area contributed by atoms with Crippen molar-refractivity contribution < 1.29 is 9.59 Å². The molecule has 0 spiro atoms. The lowest BCUT2D eigenvalue weighted by atomic mass is 10.0. The minimum Gasteiger partial charge on any atom is -0.351 e. The Hall–Kier alpha value is -3.41. The highest BCUT2D eigenvalue weighted by Gasteiger charge is 2.18. The highest BCUT2D eigenvalue weighted by molar-refractivity contribution is 6.08. The van der Waals surface area contributed by atoms with Gasteiger partial charge in [-0.15, -0.1) is 0 Å². The molecule has 27 heavy (non-hydrogen) atoms. The zero-order valence-corrected chi connectivity index (χ0v) is 15.4. The van der Waals surface area contributed by atoms with Crippen molar-refractivity contribution in [2.75, 3.05) is 11.9 Å². The van der Waals surface area contributed by atoms with Crippen molar-refractivity contribution in [1.29, 1.82) is 0 Å². The summed E-state index contributed by atoms with van der Waals surface area (Å²) in [7, 11) is 1.67. The summed E-state index contributed by atoms with van der Waals surface area (Å²) in [5, 5.41) is 9.67. The number of rotatable bonds is 6. The number of aryl methyl sites for hydroxylation is 1. The van der Waals surface area contributed by atoms with Gasteiger partial charge in [0.1, 0.15) is 5.69 Å². The van der Waals surface area contributed by atoms with E-state index in [0.717, 1.165) is 17.5 Å². The first-order valence-electron chi connectivity index (χ1n) is 8.87. The second-order valence-electron chi connectivity index (χ2n) is 6.18. The molecule has 1 aromatic heterocycles. The summed E-state index contributed by atoms with van der Waals surface area (Å²) in [6.07, 6.45) is 2.32. The molecule has 2 aromatic carbocycles. The van der Waals surface area contributed by atoms with Gasteiger partial charge in [0.2, 0.25) is 0 Å². The molecule has 0 aliphatic heterocycles. The zero-order valence-electron chi connectivity index (χ0n) is 15.4. The highest BCUT2D eigenvalue weighted by Crippen LogP contribution is 2.20. The Morgan fingerprint density at radius 1 is 0.963 bits per heavy atom. The van der Waals surface area contributed by atoms with Crippen molar-refractivity contribution in [1.82, 2.24) is 15.1 Å². The largest absolute Gasteiger partial charge is 0.351 e. The minimum atomic E-state index is -0.285. The van der Waals surface area contributed by atoms with Crippen LogP contribution in [0, 0.1) is 0 Å². The SMILES string of the molecule is CCCNC(=O)c1c(NC(=O)c2ccc(-c3ccccc3)cc2)cnn1C. The molecule has 0 radical (unpaired) electrons. The molecule has 3 aromatic rings. The molecule has 0 aliphatic rings. The Morgan fingerprint density at radius 3 is 2.30 bits per heavy atom. The topological polar surface area (TPSA) is 76.0 Å². The van der Waals surface area contributed by atoms with Crippen molar-refractivity contribution in [2.24, 2.45) is 7.05 Å². The van der Waals surface area contributed by atoms with E-state index in [1.54, 1.807) is 19.2 Å². The van der Waals surface area contributed by atoms with Crippen molar-refractivity contribution in [3.8, 4) is 11.1 Å². The predicted octanol–water partition coefficient (Wildman–Crippen LogP) is 3.48. The normalized spacial score (nSPS) is 10.4. The lowest BCUT2D eigenvalue weighted by Crippen LogP contribution is -2.27. The number of amides is 2. The number of carbonyl (C=O) groups is 2. The quantitative estimate of drug-likeness (QED) is 0.705. The van der Waals surface area contributed by atoms with Crippen LogP contribution < -0.4 is 10.6 Å². The molecule has 0 atom stereocenters. The van der Waals surface area contributed by atoms with Crippen LogP contribution in [0.25, 0.3) is 11.1 Å². The predicted molar refractivity (Wildman–Crippen MR) is 106 cm³/mol. The lowest BCUT2D eigenvalue weighted by molar-refractivity contribution is 0.0945. The maximum absolute atomic E-state index is 12.6. The van der Waals surface area contributed by atoms with Gasteiger partial charge < -0.3 is 10.6 Å². The molecule has 0 saturated heterocycles. The van der Waals surface area contributed by atoms with Crippen LogP contribution in [0.4, 0.5) is 5.69 Å². The van der Waals surface area contributed by atoms with Gasteiger partial charge in [0.15, 0.2) is 0 Å². The third-order valence-electron chi connectivity index (χ3n) is 4.19. The van der Waals surface area contributed by atoms with Crippen LogP contribution in [0.5, 0.6) is 0 Å². The van der Waals surface area contributed by atoms with Crippen LogP contribution >= 0.6 is 0 Å². The number of anilines is 1. The standard InChI is InChI=1S/C21H22N4O2/c1-3-13-22-21(27)19-18(14-23-25(19)2)24-20(26)17-11-9-16(10-12-17)15-7-5-4-6-8-15/h4-12,14H,3,13H2,1-2H3,(H,22,27)(H,24,26). The van der Waals surface area contributed by atoms with Crippen LogP contribution in [0.1, 0.15) is 34.2 Å². The third-order valence-corrected chi connectivity index (χ3v) is 4.19. The first-order valence-corrected chi connectivity index (χ1v) is 8.87. The van der Waals surface area contributed by atoms with Gasteiger partial charge >= 0.3 is 0 Å². The van der Waals surface area contributed by atoms with E-state index >= 15 is 0 Å². The van der Waals surface area contributed by atoms with E-state index in [4.69, 9.17) is 0 Å². The number of hydrogen-bond acceptors (Lipinski definition) is 3. The fourth-order valence-electron chi connectivity index (χ4n) is 2.76. The van der Waals surface area contributed by atoms with E-state index in [0.29, 0.717) is 23.5 Å². The molecular weight excluding hydrogens is 340 g/mol. The van der Waals surface area contributed by atoms with Gasteiger partial charge in [-0.2, -0.15) is 5.10 Å². The summed E-state index contributed by atoms with van der Waals surface area (Å²) < 4.78 is 1.46. The molecule has 6 heteroatoms. The average Bonchev–Trinajstić information content (AvgIpc) is 3.07. The van der Waals surface area contributed by atoms with E-state index in [-0.39, 0.29) is 11.8 Å². The maximum atomic E-state index is 12.6. The van der Waals surface area contributed by atoms with Crippen molar-refractivity contribution >= 4 is 17.5 Å². The fraction of sp³-hybridized carbons (Fsp3) is 0.190. The summed E-state index contributed by atoms with van der Waals surface area (Å²) in [5.74, 6) is -0.543. The molecule has 0 aliphatic carbocycles. The summed E-state index contributed by atoms with van der Waals surface area (Å²) in [5.41, 5.74) is 3.36. The summed E-state index contributed by atoms with van der Waals surface area (Å²) in [6, 6.07) is 17.3. The molecule has 2 N–H and O–H groups in total. The number of aromatic nitrogens is 2. The number of carbonyl (C=O) groups excluding carboxylic acids is 2. The number of nitrogens with one attached hydrogen (secondary N) is 2. The smallest absolute Gasteiger partial charge is 0.271 e. The van der Waals surface area contributed by atoms with E-state index in [1.807, 2.05) is 49.4 Å². The fourth-order valence-corrected chi connectivity index (χ4v) is 2.76. The van der Waals surface area contributed by atoms with Gasteiger partial charge in [0, 0.05) is 19.2 Å². The van der Waals surface area contributed by atoms with Crippen LogP contribution in [-0.2, 0) is 7.05 Å². The number of nitrogens with zero attached hydrogens (tertiary/aromatic N) is 2. The summed E-state index contributed by atoms with van der Waals surface area (Å²) >= 11 is 0. The molecule has 3 rings (SSSR count). The van der Waals surface area contributed by atoms with E-state index in [2.05, 4.69) is 15.7 Å². The Morgan fingerprint density at radius 2 is 1.63 bits per heavy atom. The monoisotopic (exact) mass is 362 g/mol. The number of hydrogen-bond donors (Lipinski definition) is 2. The Bertz CT molecular complexity index is 931. The number of benzene rings is 2. The first kappa shape index (κ1) is 18.4. The molecule has 0 fully saturated rings. The first-order chi connectivity index (χ1) is 13.1. The second-order valence-corrected chi connectivity index (χ2v) is 6.18. The lowest BCUT2D eigenvalue weighted by Gasteiger charge is -2.09. The average molecular weight is 362 g/mol. The van der Waals surface area contributed by atoms with Gasteiger partial charge in [0.05, 0.1) is 11.9 Å². The van der Waals surface area contributed by atoms with Gasteiger partial charge in [-0.05, 0) is 29.7 Å². The third kappa shape index (κ3) is 4.23. The maximum Gasteiger partial charge on any atom is 0.271 e. The van der Waals surface area contributed by atoms with Gasteiger partial charge in [-0.1, -0.05) is 49.4 Å². The van der Waals surface area contributed by atoms with Crippen molar-refractivity contribution in [3.63, 3.8) is 0 Å². The summed E-state index contributed by atoms with van der Waals surface area (Å²) in [6.45, 7) is 2.55. The molecule has 2 amide bonds. The van der Waals surface area contributed by atoms with E-state index in [9.17, 15) is 9.59 Å². The van der Waals surface area contributed by atoms with Gasteiger partial charge in [-0.25, -0.2) is 0 Å². The van der Waals surface area contributed by atoms with E-state index in [1.165, 1.54) is 10.9 Å². The zero-order chi connectivity index (χ0) is 19.2. The molecule has 1 heterocycles. The van der Waals surface area contributed by atoms with E-state index < -0.39 is 0 Å². The van der Waals surface area contributed by atoms with Crippen molar-refractivity contribution in [3.05, 3.63) is 72.1 Å². The van der Waals surface area contributed by atoms with Gasteiger partial charge in [-0.3, -0.25) is 14.3 Å². The minimum absolute atomic E-state index is 0.258. The van der Waals surface area contributed by atoms with Crippen molar-refractivity contribution in [2.45, 2.75) is 13.3 Å². The summed E-state index contributed by atoms with van der Waals surface area (Å²) in [4.78, 5) is 24.9. The van der Waals surface area contributed by atoms with Crippen LogP contribution in [-0.4, -0.2) is 28.1 Å². The van der Waals surface area contributed by atoms with Crippen LogP contribution in [0.2, 0.25) is 0 Å². The molecule has 0 saturated carbocycles. The van der Waals surface area contributed by atoms with Gasteiger partial charge in [0.25, 0.3) is 11.8 Å². The molecule has 138 valence electrons. The highest BCUT2D eigenvalue weighted by atomic mass is 16.2. The molecule has 6 nitrogen and oxygen atoms in total. The molecule has 0 bridgehead atoms. The molecule has 0 unspecified atom stereocenters.